The molecule has 0 radical (unpaired) electrons. The van der Waals surface area contributed by atoms with E-state index in [0.717, 1.165) is 16.8 Å². The quantitative estimate of drug-likeness (QED) is 0.262. The van der Waals surface area contributed by atoms with E-state index in [1.165, 1.54) is 26.0 Å². The summed E-state index contributed by atoms with van der Waals surface area (Å²) in [6.07, 6.45) is -0.565. The molecule has 3 aromatic carbocycles. The second kappa shape index (κ2) is 9.52. The van der Waals surface area contributed by atoms with E-state index in [1.807, 2.05) is 48.5 Å². The Balaban J connectivity index is 1.63. The molecule has 0 amide bonds. The predicted octanol–water partition coefficient (Wildman–Crippen LogP) is 4.37. The summed E-state index contributed by atoms with van der Waals surface area (Å²) in [7, 11) is 2.94. The number of thioether (sulfide) groups is 1. The molecule has 5 rings (SSSR count). The summed E-state index contributed by atoms with van der Waals surface area (Å²) in [5.41, 5.74) is 3.30. The number of rotatable bonds is 6. The summed E-state index contributed by atoms with van der Waals surface area (Å²) in [5.74, 6) is 0.938. The predicted molar refractivity (Wildman–Crippen MR) is 134 cm³/mol. The number of para-hydroxylation sites is 1. The van der Waals surface area contributed by atoms with Crippen molar-refractivity contribution in [1.82, 2.24) is 10.1 Å². The number of phenols is 1. The van der Waals surface area contributed by atoms with Crippen molar-refractivity contribution in [3.05, 3.63) is 87.2 Å². The summed E-state index contributed by atoms with van der Waals surface area (Å²) in [4.78, 5) is 16.2. The maximum atomic E-state index is 13.3. The molecule has 0 saturated carbocycles. The van der Waals surface area contributed by atoms with E-state index in [4.69, 9.17) is 26.2 Å². The van der Waals surface area contributed by atoms with E-state index in [9.17, 15) is 9.90 Å². The number of aromatic amines is 1. The Labute approximate surface area is 210 Å². The molecule has 8 nitrogen and oxygen atoms in total. The van der Waals surface area contributed by atoms with Crippen LogP contribution in [0, 0.1) is 0 Å². The Bertz CT molecular complexity index is 1450. The van der Waals surface area contributed by atoms with E-state index < -0.39 is 6.17 Å². The van der Waals surface area contributed by atoms with Crippen LogP contribution < -0.4 is 25.0 Å². The van der Waals surface area contributed by atoms with Crippen LogP contribution in [0.4, 0.5) is 5.69 Å². The number of phenolic OH excluding ortho intramolecular Hbond substituents is 1. The van der Waals surface area contributed by atoms with Crippen LogP contribution in [0.5, 0.6) is 17.2 Å². The van der Waals surface area contributed by atoms with Crippen molar-refractivity contribution in [2.75, 3.05) is 19.5 Å². The average Bonchev–Trinajstić information content (AvgIpc) is 2.87. The Kier molecular flexibility index (Phi) is 6.27. The van der Waals surface area contributed by atoms with Gasteiger partial charge in [0.1, 0.15) is 0 Å². The molecule has 1 atom stereocenters. The van der Waals surface area contributed by atoms with Crippen LogP contribution in [-0.4, -0.2) is 29.4 Å². The maximum absolute atomic E-state index is 13.3. The highest BCUT2D eigenvalue weighted by molar-refractivity contribution is 7.98. The van der Waals surface area contributed by atoms with Gasteiger partial charge in [0, 0.05) is 15.9 Å². The van der Waals surface area contributed by atoms with E-state index in [-0.39, 0.29) is 22.8 Å². The topological polar surface area (TPSA) is 100 Å². The van der Waals surface area contributed by atoms with Crippen molar-refractivity contribution < 1.29 is 19.3 Å². The molecule has 4 aromatic rings. The number of nitrogens with one attached hydrogen (secondary N) is 2. The fourth-order valence-electron chi connectivity index (χ4n) is 4.01. The van der Waals surface area contributed by atoms with Crippen molar-refractivity contribution >= 4 is 29.1 Å². The first kappa shape index (κ1) is 23.1. The van der Waals surface area contributed by atoms with E-state index in [0.29, 0.717) is 27.2 Å². The van der Waals surface area contributed by atoms with Crippen molar-refractivity contribution in [2.45, 2.75) is 17.1 Å². The van der Waals surface area contributed by atoms with Gasteiger partial charge in [-0.05, 0) is 40.6 Å². The number of hydrogen-bond acceptors (Lipinski definition) is 7. The summed E-state index contributed by atoms with van der Waals surface area (Å²) >= 11 is 7.68. The fourth-order valence-corrected chi connectivity index (χ4v) is 5.15. The smallest absolute Gasteiger partial charge is 0.325 e. The second-order valence-electron chi connectivity index (χ2n) is 7.80. The zero-order chi connectivity index (χ0) is 24.5. The Morgan fingerprint density at radius 1 is 1.09 bits per heavy atom. The first-order valence-electron chi connectivity index (χ1n) is 10.7. The van der Waals surface area contributed by atoms with Crippen LogP contribution in [0.3, 0.4) is 0 Å². The second-order valence-corrected chi connectivity index (χ2v) is 9.17. The summed E-state index contributed by atoms with van der Waals surface area (Å²) < 4.78 is 12.4. The number of aromatic hydroxyl groups is 1. The third-order valence-corrected chi connectivity index (χ3v) is 7.00. The van der Waals surface area contributed by atoms with E-state index >= 15 is 0 Å². The molecule has 178 valence electrons. The zero-order valence-corrected chi connectivity index (χ0v) is 20.5. The lowest BCUT2D eigenvalue weighted by Gasteiger charge is -2.23. The first-order chi connectivity index (χ1) is 17.0. The number of halogens is 1. The Hall–Kier alpha value is -3.69. The number of anilines is 1. The standard InChI is InChI=1S/C25H21ClN4O4S/c1-33-19-11-15(12-20(34-2)22(19)31)23-27-18-10-6-4-8-16(18)21-24(32)28-25(29-30(21)23)35-13-14-7-3-5-9-17(14)26/h3-12,23H,13H2,1-2H3,(H2,28,29,31,32)/p+1/t23-/m0/s1. The maximum Gasteiger partial charge on any atom is 0.325 e. The van der Waals surface area contributed by atoms with Crippen LogP contribution in [-0.2, 0) is 5.75 Å². The number of nitrogens with zero attached hydrogens (tertiary/aromatic N) is 2. The monoisotopic (exact) mass is 509 g/mol. The summed E-state index contributed by atoms with van der Waals surface area (Å²) in [6, 6.07) is 18.5. The van der Waals surface area contributed by atoms with Gasteiger partial charge in [0.25, 0.3) is 6.17 Å². The van der Waals surface area contributed by atoms with Gasteiger partial charge < -0.3 is 19.9 Å². The van der Waals surface area contributed by atoms with Gasteiger partial charge >= 0.3 is 11.3 Å². The molecule has 10 heteroatoms. The summed E-state index contributed by atoms with van der Waals surface area (Å²) in [5, 5.41) is 19.7. The average molecular weight is 510 g/mol. The SMILES string of the molecule is COc1cc([C@H]2Nc3ccccc3-c3c(=O)[nH]c(SCc4ccccc4Cl)n[n+]32)cc(OC)c1O. The number of methoxy groups -OCH3 is 2. The van der Waals surface area contributed by atoms with Crippen molar-refractivity contribution in [3.8, 4) is 28.5 Å². The first-order valence-corrected chi connectivity index (χ1v) is 12.1. The molecule has 1 aliphatic heterocycles. The van der Waals surface area contributed by atoms with Crippen LogP contribution >= 0.6 is 23.4 Å². The van der Waals surface area contributed by atoms with Crippen LogP contribution in [0.1, 0.15) is 17.3 Å². The third-order valence-electron chi connectivity index (χ3n) is 5.72. The molecule has 0 fully saturated rings. The molecule has 1 aliphatic rings. The normalized spacial score (nSPS) is 14.0. The molecule has 0 bridgehead atoms. The highest BCUT2D eigenvalue weighted by atomic mass is 35.5. The van der Waals surface area contributed by atoms with E-state index in [2.05, 4.69) is 10.3 Å². The van der Waals surface area contributed by atoms with Crippen molar-refractivity contribution in [3.63, 3.8) is 0 Å². The minimum absolute atomic E-state index is 0.102. The van der Waals surface area contributed by atoms with Gasteiger partial charge in [-0.2, -0.15) is 0 Å². The molecule has 35 heavy (non-hydrogen) atoms. The Morgan fingerprint density at radius 2 is 1.77 bits per heavy atom. The van der Waals surface area contributed by atoms with Crippen LogP contribution in [0.25, 0.3) is 11.3 Å². The van der Waals surface area contributed by atoms with Gasteiger partial charge in [-0.3, -0.25) is 9.78 Å². The molecule has 0 unspecified atom stereocenters. The van der Waals surface area contributed by atoms with Crippen molar-refractivity contribution in [1.29, 1.82) is 0 Å². The molecule has 0 spiro atoms. The van der Waals surface area contributed by atoms with Gasteiger partial charge in [-0.25, -0.2) is 0 Å². The number of aromatic nitrogens is 3. The highest BCUT2D eigenvalue weighted by Gasteiger charge is 2.38. The van der Waals surface area contributed by atoms with Gasteiger partial charge in [-0.15, -0.1) is 0 Å². The van der Waals surface area contributed by atoms with Gasteiger partial charge in [0.15, 0.2) is 11.5 Å². The zero-order valence-electron chi connectivity index (χ0n) is 18.9. The lowest BCUT2D eigenvalue weighted by atomic mass is 10.0. The number of H-pyrrole nitrogens is 1. The van der Waals surface area contributed by atoms with Crippen molar-refractivity contribution in [2.24, 2.45) is 0 Å². The lowest BCUT2D eigenvalue weighted by Crippen LogP contribution is -2.55. The molecular formula is C25H22ClN4O4S+. The number of fused-ring (bicyclic) bond motifs is 3. The van der Waals surface area contributed by atoms with Crippen LogP contribution in [0.15, 0.2) is 70.6 Å². The minimum Gasteiger partial charge on any atom is -0.502 e. The molecule has 2 heterocycles. The third kappa shape index (κ3) is 4.28. The molecule has 1 aromatic heterocycles. The lowest BCUT2D eigenvalue weighted by molar-refractivity contribution is -0.759. The van der Waals surface area contributed by atoms with E-state index in [1.54, 1.807) is 16.8 Å². The Morgan fingerprint density at radius 3 is 2.49 bits per heavy atom. The minimum atomic E-state index is -0.565. The van der Waals surface area contributed by atoms with Gasteiger partial charge in [0.05, 0.1) is 31.0 Å². The molecule has 3 N–H and O–H groups in total. The summed E-state index contributed by atoms with van der Waals surface area (Å²) in [6.45, 7) is 0. The van der Waals surface area contributed by atoms with Gasteiger partial charge in [-0.1, -0.05) is 53.7 Å². The fraction of sp³-hybridized carbons (Fsp3) is 0.160. The highest BCUT2D eigenvalue weighted by Crippen LogP contribution is 2.40. The van der Waals surface area contributed by atoms with Gasteiger partial charge in [0.2, 0.25) is 10.9 Å². The molecular weight excluding hydrogens is 488 g/mol. The number of ether oxygens (including phenoxy) is 2. The number of hydrogen-bond donors (Lipinski definition) is 3. The van der Waals surface area contributed by atoms with Crippen LogP contribution in [0.2, 0.25) is 5.02 Å². The molecule has 0 aliphatic carbocycles. The largest absolute Gasteiger partial charge is 0.502 e. The number of benzene rings is 3. The molecule has 0 saturated heterocycles.